The first kappa shape index (κ1) is 12.4. The Morgan fingerprint density at radius 2 is 2.50 bits per heavy atom. The number of carbonyl (C=O) groups is 1. The molecule has 1 unspecified atom stereocenters. The van der Waals surface area contributed by atoms with Gasteiger partial charge in [-0.05, 0) is 24.6 Å². The highest BCUT2D eigenvalue weighted by Crippen LogP contribution is 2.16. The Morgan fingerprint density at radius 1 is 1.81 bits per heavy atom. The molecule has 4 N–H and O–H groups in total. The molecule has 7 heteroatoms. The van der Waals surface area contributed by atoms with Crippen molar-refractivity contribution in [3.05, 3.63) is 23.1 Å². The molecule has 0 bridgehead atoms. The van der Waals surface area contributed by atoms with E-state index in [-0.39, 0.29) is 35.0 Å². The minimum Gasteiger partial charge on any atom is -0.452 e. The van der Waals surface area contributed by atoms with Gasteiger partial charge in [-0.1, -0.05) is 5.16 Å². The standard InChI is InChI=1S/C9H12ClN3O3/c1-5(4-7(11)13-15)12-9(14)6-2-3-16-8(6)10/h2-3,5,15H,4H2,1H3,(H2,11,13)(H,12,14). The molecule has 0 fully saturated rings. The van der Waals surface area contributed by atoms with Gasteiger partial charge in [0.15, 0.2) is 0 Å². The number of amides is 1. The van der Waals surface area contributed by atoms with Crippen LogP contribution in [0.2, 0.25) is 5.22 Å². The third-order valence-corrected chi connectivity index (χ3v) is 2.18. The van der Waals surface area contributed by atoms with Crippen LogP contribution in [0, 0.1) is 0 Å². The number of nitrogens with one attached hydrogen (secondary N) is 1. The van der Waals surface area contributed by atoms with E-state index in [0.29, 0.717) is 0 Å². The van der Waals surface area contributed by atoms with E-state index < -0.39 is 0 Å². The summed E-state index contributed by atoms with van der Waals surface area (Å²) < 4.78 is 4.79. The fraction of sp³-hybridized carbons (Fsp3) is 0.333. The Morgan fingerprint density at radius 3 is 3.00 bits per heavy atom. The molecule has 0 aromatic carbocycles. The van der Waals surface area contributed by atoms with E-state index in [4.69, 9.17) is 27.0 Å². The zero-order chi connectivity index (χ0) is 12.1. The summed E-state index contributed by atoms with van der Waals surface area (Å²) in [6.45, 7) is 1.73. The molecule has 1 heterocycles. The normalized spacial score (nSPS) is 13.5. The summed E-state index contributed by atoms with van der Waals surface area (Å²) in [6.07, 6.45) is 1.57. The number of hydrogen-bond acceptors (Lipinski definition) is 4. The van der Waals surface area contributed by atoms with Crippen LogP contribution in [-0.2, 0) is 0 Å². The van der Waals surface area contributed by atoms with Gasteiger partial charge in [0.25, 0.3) is 5.91 Å². The number of halogens is 1. The topological polar surface area (TPSA) is 101 Å². The van der Waals surface area contributed by atoms with Crippen LogP contribution in [0.1, 0.15) is 23.7 Å². The van der Waals surface area contributed by atoms with Gasteiger partial charge in [0, 0.05) is 12.5 Å². The van der Waals surface area contributed by atoms with Crippen LogP contribution < -0.4 is 11.1 Å². The minimum atomic E-state index is -0.364. The summed E-state index contributed by atoms with van der Waals surface area (Å²) in [7, 11) is 0. The number of nitrogens with zero attached hydrogens (tertiary/aromatic N) is 1. The van der Waals surface area contributed by atoms with Gasteiger partial charge in [0.2, 0.25) is 5.22 Å². The maximum atomic E-state index is 11.6. The predicted octanol–water partition coefficient (Wildman–Crippen LogP) is 1.19. The molecule has 1 aromatic heterocycles. The number of amidine groups is 1. The van der Waals surface area contributed by atoms with Gasteiger partial charge in [-0.2, -0.15) is 0 Å². The van der Waals surface area contributed by atoms with Crippen molar-refractivity contribution >= 4 is 23.3 Å². The van der Waals surface area contributed by atoms with E-state index in [1.165, 1.54) is 12.3 Å². The van der Waals surface area contributed by atoms with Crippen molar-refractivity contribution in [3.8, 4) is 0 Å². The highest BCUT2D eigenvalue weighted by atomic mass is 35.5. The second-order valence-electron chi connectivity index (χ2n) is 3.28. The number of hydrogen-bond donors (Lipinski definition) is 3. The lowest BCUT2D eigenvalue weighted by Crippen LogP contribution is -2.35. The lowest BCUT2D eigenvalue weighted by atomic mass is 10.2. The molecule has 0 saturated carbocycles. The van der Waals surface area contributed by atoms with Gasteiger partial charge in [-0.25, -0.2) is 0 Å². The van der Waals surface area contributed by atoms with E-state index in [1.54, 1.807) is 6.92 Å². The number of carbonyl (C=O) groups excluding carboxylic acids is 1. The first-order chi connectivity index (χ1) is 7.54. The van der Waals surface area contributed by atoms with Gasteiger partial charge >= 0.3 is 0 Å². The maximum absolute atomic E-state index is 11.6. The van der Waals surface area contributed by atoms with Crippen LogP contribution in [-0.4, -0.2) is 23.0 Å². The summed E-state index contributed by atoms with van der Waals surface area (Å²) in [4.78, 5) is 11.6. The van der Waals surface area contributed by atoms with Crippen molar-refractivity contribution in [1.29, 1.82) is 0 Å². The van der Waals surface area contributed by atoms with Crippen LogP contribution in [0.25, 0.3) is 0 Å². The first-order valence-corrected chi connectivity index (χ1v) is 4.92. The quantitative estimate of drug-likeness (QED) is 0.321. The fourth-order valence-corrected chi connectivity index (χ4v) is 1.36. The lowest BCUT2D eigenvalue weighted by molar-refractivity contribution is 0.0940. The maximum Gasteiger partial charge on any atom is 0.256 e. The van der Waals surface area contributed by atoms with Crippen LogP contribution in [0.4, 0.5) is 0 Å². The molecule has 16 heavy (non-hydrogen) atoms. The Kier molecular flexibility index (Phi) is 4.19. The minimum absolute atomic E-state index is 0.0356. The summed E-state index contributed by atoms with van der Waals surface area (Å²) >= 11 is 5.64. The highest BCUT2D eigenvalue weighted by molar-refractivity contribution is 6.32. The molecule has 0 aliphatic heterocycles. The van der Waals surface area contributed by atoms with Gasteiger partial charge in [0.05, 0.1) is 11.8 Å². The van der Waals surface area contributed by atoms with Crippen molar-refractivity contribution in [3.63, 3.8) is 0 Å². The fourth-order valence-electron chi connectivity index (χ4n) is 1.16. The van der Waals surface area contributed by atoms with Crippen LogP contribution in [0.3, 0.4) is 0 Å². The van der Waals surface area contributed by atoms with Crippen molar-refractivity contribution in [2.75, 3.05) is 0 Å². The molecular formula is C9H12ClN3O3. The molecular weight excluding hydrogens is 234 g/mol. The number of furan rings is 1. The molecule has 0 radical (unpaired) electrons. The van der Waals surface area contributed by atoms with Crippen molar-refractivity contribution in [2.24, 2.45) is 10.9 Å². The second kappa shape index (κ2) is 5.41. The Hall–Kier alpha value is -1.69. The van der Waals surface area contributed by atoms with Crippen molar-refractivity contribution in [2.45, 2.75) is 19.4 Å². The molecule has 1 rings (SSSR count). The van der Waals surface area contributed by atoms with E-state index in [2.05, 4.69) is 10.5 Å². The summed E-state index contributed by atoms with van der Waals surface area (Å²) in [5.41, 5.74) is 5.56. The molecule has 1 aromatic rings. The molecule has 0 saturated heterocycles. The third-order valence-electron chi connectivity index (χ3n) is 1.88. The number of oxime groups is 1. The van der Waals surface area contributed by atoms with Crippen LogP contribution in [0.15, 0.2) is 21.9 Å². The third kappa shape index (κ3) is 3.16. The van der Waals surface area contributed by atoms with Gasteiger partial charge in [0.1, 0.15) is 5.84 Å². The zero-order valence-electron chi connectivity index (χ0n) is 8.61. The molecule has 6 nitrogen and oxygen atoms in total. The van der Waals surface area contributed by atoms with Crippen molar-refractivity contribution < 1.29 is 14.4 Å². The van der Waals surface area contributed by atoms with Gasteiger partial charge in [-0.15, -0.1) is 0 Å². The van der Waals surface area contributed by atoms with E-state index in [1.807, 2.05) is 0 Å². The smallest absolute Gasteiger partial charge is 0.256 e. The van der Waals surface area contributed by atoms with Gasteiger partial charge in [-0.3, -0.25) is 4.79 Å². The van der Waals surface area contributed by atoms with Crippen molar-refractivity contribution in [1.82, 2.24) is 5.32 Å². The average molecular weight is 246 g/mol. The summed E-state index contributed by atoms with van der Waals surface area (Å²) in [6, 6.07) is 1.20. The molecule has 0 spiro atoms. The predicted molar refractivity (Wildman–Crippen MR) is 58.7 cm³/mol. The Balaban J connectivity index is 2.55. The van der Waals surface area contributed by atoms with Gasteiger partial charge < -0.3 is 20.7 Å². The zero-order valence-corrected chi connectivity index (χ0v) is 9.36. The highest BCUT2D eigenvalue weighted by Gasteiger charge is 2.15. The second-order valence-corrected chi connectivity index (χ2v) is 3.62. The van der Waals surface area contributed by atoms with Crippen LogP contribution in [0.5, 0.6) is 0 Å². The molecule has 1 amide bonds. The van der Waals surface area contributed by atoms with E-state index in [0.717, 1.165) is 0 Å². The van der Waals surface area contributed by atoms with Crippen LogP contribution >= 0.6 is 11.6 Å². The molecule has 88 valence electrons. The SMILES string of the molecule is CC(C/C(N)=N/O)NC(=O)c1ccoc1Cl. The number of nitrogens with two attached hydrogens (primary N) is 1. The van der Waals surface area contributed by atoms with E-state index in [9.17, 15) is 4.79 Å². The molecule has 1 atom stereocenters. The molecule has 0 aliphatic carbocycles. The average Bonchev–Trinajstić information content (AvgIpc) is 2.63. The Bertz CT molecular complexity index is 402. The number of rotatable bonds is 4. The Labute approximate surface area is 97.0 Å². The largest absolute Gasteiger partial charge is 0.452 e. The van der Waals surface area contributed by atoms with E-state index >= 15 is 0 Å². The summed E-state index contributed by atoms with van der Waals surface area (Å²) in [5.74, 6) is -0.317. The monoisotopic (exact) mass is 245 g/mol. The first-order valence-electron chi connectivity index (χ1n) is 4.55. The lowest BCUT2D eigenvalue weighted by Gasteiger charge is -2.11. The molecule has 0 aliphatic rings. The summed E-state index contributed by atoms with van der Waals surface area (Å²) in [5, 5.41) is 13.8.